The highest BCUT2D eigenvalue weighted by Crippen LogP contribution is 2.23. The minimum Gasteiger partial charge on any atom is -0.460 e. The predicted molar refractivity (Wildman–Crippen MR) is 96.8 cm³/mol. The molecule has 1 fully saturated rings. The van der Waals surface area contributed by atoms with Crippen LogP contribution >= 0.6 is 0 Å². The minimum absolute atomic E-state index is 0.0827. The number of hydrogen-bond donors (Lipinski definition) is 1. The average molecular weight is 350 g/mol. The van der Waals surface area contributed by atoms with Gasteiger partial charge >= 0.3 is 6.01 Å². The molecule has 1 aromatic heterocycles. The Kier molecular flexibility index (Phi) is 5.47. The van der Waals surface area contributed by atoms with Crippen LogP contribution in [0.3, 0.4) is 0 Å². The number of carbonyl (C=O) groups excluding carboxylic acids is 1. The molecule has 0 spiro atoms. The van der Waals surface area contributed by atoms with Crippen molar-refractivity contribution in [3.8, 4) is 12.1 Å². The van der Waals surface area contributed by atoms with E-state index < -0.39 is 0 Å². The first-order valence-corrected chi connectivity index (χ1v) is 8.83. The average Bonchev–Trinajstić information content (AvgIpc) is 2.62. The standard InChI is InChI=1S/C20H22N4O2/c1-13-11-14(2)23-20(22-13)26-18-9-7-17(8-10-18)24-19(25)16-5-3-15(12-21)4-6-16/h3-6,11,17-18H,7-10H2,1-2H3,(H,24,25). The highest BCUT2D eigenvalue weighted by atomic mass is 16.5. The van der Waals surface area contributed by atoms with Crippen LogP contribution < -0.4 is 10.1 Å². The number of aromatic nitrogens is 2. The summed E-state index contributed by atoms with van der Waals surface area (Å²) in [5, 5.41) is 11.9. The summed E-state index contributed by atoms with van der Waals surface area (Å²) < 4.78 is 5.91. The molecule has 0 aliphatic heterocycles. The van der Waals surface area contributed by atoms with Gasteiger partial charge in [0.05, 0.1) is 11.6 Å². The summed E-state index contributed by atoms with van der Waals surface area (Å²) in [6.07, 6.45) is 3.51. The van der Waals surface area contributed by atoms with E-state index in [1.165, 1.54) is 0 Å². The monoisotopic (exact) mass is 350 g/mol. The largest absolute Gasteiger partial charge is 0.460 e. The van der Waals surface area contributed by atoms with Gasteiger partial charge in [-0.25, -0.2) is 9.97 Å². The van der Waals surface area contributed by atoms with Crippen molar-refractivity contribution in [1.29, 1.82) is 5.26 Å². The summed E-state index contributed by atoms with van der Waals surface area (Å²) in [5.74, 6) is -0.100. The maximum absolute atomic E-state index is 12.3. The van der Waals surface area contributed by atoms with E-state index in [0.717, 1.165) is 37.1 Å². The van der Waals surface area contributed by atoms with Gasteiger partial charge in [-0.1, -0.05) is 0 Å². The smallest absolute Gasteiger partial charge is 0.317 e. The molecule has 0 unspecified atom stereocenters. The number of rotatable bonds is 4. The van der Waals surface area contributed by atoms with Crippen LogP contribution in [0.25, 0.3) is 0 Å². The number of benzene rings is 1. The van der Waals surface area contributed by atoms with E-state index in [1.54, 1.807) is 24.3 Å². The van der Waals surface area contributed by atoms with Gasteiger partial charge in [0.15, 0.2) is 0 Å². The second-order valence-electron chi connectivity index (χ2n) is 6.69. The molecule has 6 heteroatoms. The summed E-state index contributed by atoms with van der Waals surface area (Å²) in [6.45, 7) is 3.86. The number of nitrogens with one attached hydrogen (secondary N) is 1. The fraction of sp³-hybridized carbons (Fsp3) is 0.400. The first kappa shape index (κ1) is 17.9. The quantitative estimate of drug-likeness (QED) is 0.915. The first-order valence-electron chi connectivity index (χ1n) is 8.83. The molecule has 1 aliphatic rings. The van der Waals surface area contributed by atoms with Crippen LogP contribution in [0, 0.1) is 25.2 Å². The third-order valence-electron chi connectivity index (χ3n) is 4.52. The maximum Gasteiger partial charge on any atom is 0.317 e. The number of amides is 1. The maximum atomic E-state index is 12.3. The van der Waals surface area contributed by atoms with Gasteiger partial charge in [-0.05, 0) is 69.9 Å². The molecule has 1 N–H and O–H groups in total. The molecule has 1 saturated carbocycles. The molecule has 134 valence electrons. The van der Waals surface area contributed by atoms with Gasteiger partial charge in [0, 0.05) is 23.0 Å². The molecule has 0 bridgehead atoms. The molecule has 0 saturated heterocycles. The first-order chi connectivity index (χ1) is 12.5. The Balaban J connectivity index is 1.50. The number of nitriles is 1. The van der Waals surface area contributed by atoms with Crippen LogP contribution in [0.1, 0.15) is 53.0 Å². The van der Waals surface area contributed by atoms with Gasteiger partial charge in [-0.3, -0.25) is 4.79 Å². The Bertz CT molecular complexity index is 798. The second-order valence-corrected chi connectivity index (χ2v) is 6.69. The lowest BCUT2D eigenvalue weighted by Gasteiger charge is -2.29. The van der Waals surface area contributed by atoms with Crippen molar-refractivity contribution in [2.45, 2.75) is 51.7 Å². The van der Waals surface area contributed by atoms with Crippen molar-refractivity contribution < 1.29 is 9.53 Å². The van der Waals surface area contributed by atoms with Gasteiger partial charge < -0.3 is 10.1 Å². The van der Waals surface area contributed by atoms with Crippen LogP contribution in [-0.4, -0.2) is 28.0 Å². The third kappa shape index (κ3) is 4.57. The lowest BCUT2D eigenvalue weighted by molar-refractivity contribution is 0.0884. The zero-order chi connectivity index (χ0) is 18.5. The van der Waals surface area contributed by atoms with Crippen molar-refractivity contribution in [1.82, 2.24) is 15.3 Å². The lowest BCUT2D eigenvalue weighted by Crippen LogP contribution is -2.39. The van der Waals surface area contributed by atoms with Crippen LogP contribution in [0.4, 0.5) is 0 Å². The van der Waals surface area contributed by atoms with E-state index >= 15 is 0 Å². The van der Waals surface area contributed by atoms with Crippen molar-refractivity contribution in [3.05, 3.63) is 52.8 Å². The van der Waals surface area contributed by atoms with E-state index in [0.29, 0.717) is 17.1 Å². The van der Waals surface area contributed by atoms with Gasteiger partial charge in [0.25, 0.3) is 5.91 Å². The zero-order valence-corrected chi connectivity index (χ0v) is 15.0. The number of nitrogens with zero attached hydrogens (tertiary/aromatic N) is 3. The van der Waals surface area contributed by atoms with Gasteiger partial charge in [0.1, 0.15) is 6.10 Å². The Morgan fingerprint density at radius 3 is 2.31 bits per heavy atom. The van der Waals surface area contributed by atoms with Crippen molar-refractivity contribution in [3.63, 3.8) is 0 Å². The molecule has 1 aromatic carbocycles. The summed E-state index contributed by atoms with van der Waals surface area (Å²) in [6, 6.07) is 11.2. The van der Waals surface area contributed by atoms with Crippen molar-refractivity contribution in [2.24, 2.45) is 0 Å². The molecule has 1 amide bonds. The van der Waals surface area contributed by atoms with Gasteiger partial charge in [-0.2, -0.15) is 5.26 Å². The van der Waals surface area contributed by atoms with Crippen LogP contribution in [0.5, 0.6) is 6.01 Å². The van der Waals surface area contributed by atoms with Crippen LogP contribution in [-0.2, 0) is 0 Å². The topological polar surface area (TPSA) is 87.9 Å². The Hall–Kier alpha value is -2.94. The normalized spacial score (nSPS) is 19.4. The molecule has 2 aromatic rings. The molecular weight excluding hydrogens is 328 g/mol. The number of hydrogen-bond acceptors (Lipinski definition) is 5. The molecule has 1 heterocycles. The molecule has 1 aliphatic carbocycles. The molecule has 3 rings (SSSR count). The molecule has 0 atom stereocenters. The number of aryl methyl sites for hydroxylation is 2. The number of ether oxygens (including phenoxy) is 1. The summed E-state index contributed by atoms with van der Waals surface area (Å²) in [5.41, 5.74) is 2.92. The second kappa shape index (κ2) is 7.96. The van der Waals surface area contributed by atoms with E-state index in [9.17, 15) is 4.79 Å². The third-order valence-corrected chi connectivity index (χ3v) is 4.52. The molecular formula is C20H22N4O2. The van der Waals surface area contributed by atoms with Crippen molar-refractivity contribution in [2.75, 3.05) is 0 Å². The van der Waals surface area contributed by atoms with Crippen LogP contribution in [0.15, 0.2) is 30.3 Å². The molecule has 6 nitrogen and oxygen atoms in total. The zero-order valence-electron chi connectivity index (χ0n) is 15.0. The highest BCUT2D eigenvalue weighted by Gasteiger charge is 2.24. The predicted octanol–water partition coefficient (Wildman–Crippen LogP) is 3.09. The molecule has 0 radical (unpaired) electrons. The SMILES string of the molecule is Cc1cc(C)nc(OC2CCC(NC(=O)c3ccc(C#N)cc3)CC2)n1. The van der Waals surface area contributed by atoms with E-state index in [-0.39, 0.29) is 18.1 Å². The fourth-order valence-corrected chi connectivity index (χ4v) is 3.19. The van der Waals surface area contributed by atoms with Crippen molar-refractivity contribution >= 4 is 5.91 Å². The fourth-order valence-electron chi connectivity index (χ4n) is 3.19. The van der Waals surface area contributed by atoms with Crippen LogP contribution in [0.2, 0.25) is 0 Å². The van der Waals surface area contributed by atoms with E-state index in [1.807, 2.05) is 19.9 Å². The lowest BCUT2D eigenvalue weighted by atomic mass is 9.92. The van der Waals surface area contributed by atoms with E-state index in [2.05, 4.69) is 21.4 Å². The summed E-state index contributed by atoms with van der Waals surface area (Å²) in [7, 11) is 0. The highest BCUT2D eigenvalue weighted by molar-refractivity contribution is 5.94. The summed E-state index contributed by atoms with van der Waals surface area (Å²) >= 11 is 0. The number of carbonyl (C=O) groups is 1. The van der Waals surface area contributed by atoms with Gasteiger partial charge in [-0.15, -0.1) is 0 Å². The molecule has 26 heavy (non-hydrogen) atoms. The minimum atomic E-state index is -0.100. The Labute approximate surface area is 153 Å². The van der Waals surface area contributed by atoms with Gasteiger partial charge in [0.2, 0.25) is 0 Å². The van der Waals surface area contributed by atoms with E-state index in [4.69, 9.17) is 10.00 Å². The summed E-state index contributed by atoms with van der Waals surface area (Å²) in [4.78, 5) is 21.0. The Morgan fingerprint density at radius 1 is 1.12 bits per heavy atom. The Morgan fingerprint density at radius 2 is 1.73 bits per heavy atom.